The fourth-order valence-corrected chi connectivity index (χ4v) is 1.49. The normalized spacial score (nSPS) is 28.6. The molecule has 0 fully saturated rings. The van der Waals surface area contributed by atoms with Crippen molar-refractivity contribution in [2.45, 2.75) is 32.6 Å². The highest BCUT2D eigenvalue weighted by atomic mass is 16.1. The summed E-state index contributed by atoms with van der Waals surface area (Å²) in [7, 11) is 0. The van der Waals surface area contributed by atoms with Gasteiger partial charge in [-0.15, -0.1) is 0 Å². The zero-order chi connectivity index (χ0) is 8.81. The average molecular weight is 164 g/mol. The van der Waals surface area contributed by atoms with Crippen molar-refractivity contribution >= 4 is 5.78 Å². The monoisotopic (exact) mass is 164 g/mol. The zero-order valence-electron chi connectivity index (χ0n) is 7.62. The lowest BCUT2D eigenvalue weighted by Crippen LogP contribution is -2.12. The largest absolute Gasteiger partial charge is 0.299 e. The quantitative estimate of drug-likeness (QED) is 0.613. The molecule has 0 radical (unpaired) electrons. The number of hydrogen-bond acceptors (Lipinski definition) is 1. The van der Waals surface area contributed by atoms with Crippen molar-refractivity contribution in [1.82, 2.24) is 0 Å². The van der Waals surface area contributed by atoms with Crippen LogP contribution in [0.1, 0.15) is 32.6 Å². The Balaban J connectivity index is 2.50. The van der Waals surface area contributed by atoms with E-state index < -0.39 is 0 Å². The Morgan fingerprint density at radius 1 is 1.42 bits per heavy atom. The van der Waals surface area contributed by atoms with E-state index >= 15 is 0 Å². The van der Waals surface area contributed by atoms with E-state index in [0.717, 1.165) is 19.3 Å². The third-order valence-corrected chi connectivity index (χ3v) is 2.29. The molecule has 1 rings (SSSR count). The van der Waals surface area contributed by atoms with E-state index in [1.165, 1.54) is 0 Å². The summed E-state index contributed by atoms with van der Waals surface area (Å²) in [5, 5.41) is 0. The molecule has 0 amide bonds. The fraction of sp³-hybridized carbons (Fsp3) is 0.545. The summed E-state index contributed by atoms with van der Waals surface area (Å²) in [6, 6.07) is 0. The Labute approximate surface area is 74.2 Å². The molecule has 12 heavy (non-hydrogen) atoms. The van der Waals surface area contributed by atoms with Gasteiger partial charge in [0.2, 0.25) is 0 Å². The molecule has 0 N–H and O–H groups in total. The molecular weight excluding hydrogens is 148 g/mol. The summed E-state index contributed by atoms with van der Waals surface area (Å²) in [5.74, 6) is 0.686. The topological polar surface area (TPSA) is 17.1 Å². The van der Waals surface area contributed by atoms with Gasteiger partial charge in [0.05, 0.1) is 0 Å². The Hall–Kier alpha value is -0.850. The van der Waals surface area contributed by atoms with E-state index in [4.69, 9.17) is 0 Å². The van der Waals surface area contributed by atoms with Crippen molar-refractivity contribution in [3.63, 3.8) is 0 Å². The third kappa shape index (κ3) is 2.65. The zero-order valence-corrected chi connectivity index (χ0v) is 7.62. The molecule has 1 unspecified atom stereocenters. The molecule has 0 saturated carbocycles. The summed E-state index contributed by atoms with van der Waals surface area (Å²) >= 11 is 0. The molecular formula is C11H16O. The van der Waals surface area contributed by atoms with E-state index in [2.05, 4.69) is 18.2 Å². The molecule has 1 heteroatoms. The molecule has 1 atom stereocenters. The summed E-state index contributed by atoms with van der Waals surface area (Å²) < 4.78 is 0. The number of carbonyl (C=O) groups excluding carboxylic acids is 1. The van der Waals surface area contributed by atoms with Crippen LogP contribution in [0.15, 0.2) is 24.3 Å². The maximum atomic E-state index is 11.4. The average Bonchev–Trinajstić information content (AvgIpc) is 2.02. The van der Waals surface area contributed by atoms with Crippen LogP contribution in [-0.2, 0) is 4.79 Å². The van der Waals surface area contributed by atoms with Crippen molar-refractivity contribution in [1.29, 1.82) is 0 Å². The first-order chi connectivity index (χ1) is 5.84. The van der Waals surface area contributed by atoms with Gasteiger partial charge in [-0.3, -0.25) is 4.79 Å². The lowest BCUT2D eigenvalue weighted by Gasteiger charge is -2.12. The number of rotatable bonds is 2. The predicted octanol–water partition coefficient (Wildman–Crippen LogP) is 2.88. The van der Waals surface area contributed by atoms with Crippen molar-refractivity contribution in [3.8, 4) is 0 Å². The van der Waals surface area contributed by atoms with Crippen molar-refractivity contribution in [2.24, 2.45) is 5.92 Å². The Kier molecular flexibility index (Phi) is 3.78. The summed E-state index contributed by atoms with van der Waals surface area (Å²) in [6.07, 6.45) is 12.0. The number of allylic oxidation sites excluding steroid dienone is 4. The van der Waals surface area contributed by atoms with Gasteiger partial charge >= 0.3 is 0 Å². The Morgan fingerprint density at radius 3 is 2.92 bits per heavy atom. The van der Waals surface area contributed by atoms with Crippen molar-refractivity contribution < 1.29 is 4.79 Å². The molecule has 0 aromatic carbocycles. The first-order valence-corrected chi connectivity index (χ1v) is 4.69. The minimum Gasteiger partial charge on any atom is -0.299 e. The van der Waals surface area contributed by atoms with Crippen LogP contribution in [0.5, 0.6) is 0 Å². The van der Waals surface area contributed by atoms with Crippen LogP contribution < -0.4 is 0 Å². The van der Waals surface area contributed by atoms with Crippen LogP contribution in [0.3, 0.4) is 0 Å². The molecule has 0 saturated heterocycles. The SMILES string of the molecule is CCC(=O)C1C/C=C\C=C/CC1. The van der Waals surface area contributed by atoms with Gasteiger partial charge < -0.3 is 0 Å². The maximum absolute atomic E-state index is 11.4. The molecule has 0 spiro atoms. The van der Waals surface area contributed by atoms with Crippen LogP contribution in [0.25, 0.3) is 0 Å². The molecule has 0 aromatic rings. The van der Waals surface area contributed by atoms with E-state index in [9.17, 15) is 4.79 Å². The summed E-state index contributed by atoms with van der Waals surface area (Å²) in [6.45, 7) is 1.95. The molecule has 0 heterocycles. The van der Waals surface area contributed by atoms with E-state index in [1.54, 1.807) is 0 Å². The highest BCUT2D eigenvalue weighted by Gasteiger charge is 2.14. The second-order valence-corrected chi connectivity index (χ2v) is 3.19. The summed E-state index contributed by atoms with van der Waals surface area (Å²) in [4.78, 5) is 11.4. The molecule has 0 bridgehead atoms. The van der Waals surface area contributed by atoms with Crippen LogP contribution in [0.2, 0.25) is 0 Å². The molecule has 0 aromatic heterocycles. The Bertz CT molecular complexity index is 201. The smallest absolute Gasteiger partial charge is 0.136 e. The van der Waals surface area contributed by atoms with Crippen molar-refractivity contribution in [3.05, 3.63) is 24.3 Å². The van der Waals surface area contributed by atoms with Gasteiger partial charge in [-0.2, -0.15) is 0 Å². The minimum absolute atomic E-state index is 0.274. The number of ketones is 1. The number of carbonyl (C=O) groups is 1. The van der Waals surface area contributed by atoms with Crippen molar-refractivity contribution in [2.75, 3.05) is 0 Å². The molecule has 66 valence electrons. The van der Waals surface area contributed by atoms with Crippen LogP contribution in [-0.4, -0.2) is 5.78 Å². The molecule has 1 aliphatic rings. The lowest BCUT2D eigenvalue weighted by atomic mass is 9.92. The molecule has 1 nitrogen and oxygen atoms in total. The van der Waals surface area contributed by atoms with E-state index in [0.29, 0.717) is 12.2 Å². The Morgan fingerprint density at radius 2 is 2.17 bits per heavy atom. The first kappa shape index (κ1) is 9.24. The van der Waals surface area contributed by atoms with E-state index in [1.807, 2.05) is 13.0 Å². The fourth-order valence-electron chi connectivity index (χ4n) is 1.49. The minimum atomic E-state index is 0.274. The lowest BCUT2D eigenvalue weighted by molar-refractivity contribution is -0.122. The van der Waals surface area contributed by atoms with Gasteiger partial charge in [0.1, 0.15) is 5.78 Å². The maximum Gasteiger partial charge on any atom is 0.136 e. The number of hydrogen-bond donors (Lipinski definition) is 0. The third-order valence-electron chi connectivity index (χ3n) is 2.29. The highest BCUT2D eigenvalue weighted by molar-refractivity contribution is 5.80. The van der Waals surface area contributed by atoms with Gasteiger partial charge in [-0.1, -0.05) is 31.2 Å². The second kappa shape index (κ2) is 4.91. The standard InChI is InChI=1S/C11H16O/c1-2-11(12)10-8-6-4-3-5-7-9-10/h3-6,10H,2,7-9H2,1H3/b5-3-,6-4-. The molecule has 1 aliphatic carbocycles. The van der Waals surface area contributed by atoms with E-state index in [-0.39, 0.29) is 5.92 Å². The van der Waals surface area contributed by atoms with Gasteiger partial charge in [0.15, 0.2) is 0 Å². The summed E-state index contributed by atoms with van der Waals surface area (Å²) in [5.41, 5.74) is 0. The van der Waals surface area contributed by atoms with Gasteiger partial charge in [0.25, 0.3) is 0 Å². The van der Waals surface area contributed by atoms with Gasteiger partial charge in [-0.05, 0) is 19.3 Å². The van der Waals surface area contributed by atoms with Crippen LogP contribution >= 0.6 is 0 Å². The molecule has 0 aliphatic heterocycles. The predicted molar refractivity (Wildman–Crippen MR) is 50.9 cm³/mol. The van der Waals surface area contributed by atoms with Crippen LogP contribution in [0.4, 0.5) is 0 Å². The first-order valence-electron chi connectivity index (χ1n) is 4.69. The highest BCUT2D eigenvalue weighted by Crippen LogP contribution is 2.17. The van der Waals surface area contributed by atoms with Gasteiger partial charge in [0, 0.05) is 12.3 Å². The number of Topliss-reactive ketones (excluding diaryl/α,β-unsaturated/α-hetero) is 1. The van der Waals surface area contributed by atoms with Gasteiger partial charge in [-0.25, -0.2) is 0 Å². The van der Waals surface area contributed by atoms with Crippen LogP contribution in [0, 0.1) is 5.92 Å². The second-order valence-electron chi connectivity index (χ2n) is 3.19.